The number of rotatable bonds is 2. The molecule has 2 rings (SSSR count). The minimum Gasteiger partial charge on any atom is -0.396 e. The van der Waals surface area contributed by atoms with Gasteiger partial charge in [0, 0.05) is 5.92 Å². The van der Waals surface area contributed by atoms with Gasteiger partial charge < -0.3 is 5.73 Å². The molecule has 0 unspecified atom stereocenters. The fourth-order valence-corrected chi connectivity index (χ4v) is 2.49. The van der Waals surface area contributed by atoms with Crippen LogP contribution in [-0.4, -0.2) is 10.2 Å². The fraction of sp³-hybridized carbons (Fsp3) is 0.727. The molecular weight excluding hydrogens is 174 g/mol. The second kappa shape index (κ2) is 4.03. The number of nitrogen functional groups attached to an aromatic ring is 1. The molecule has 14 heavy (non-hydrogen) atoms. The second-order valence-corrected chi connectivity index (χ2v) is 4.36. The quantitative estimate of drug-likeness (QED) is 0.758. The summed E-state index contributed by atoms with van der Waals surface area (Å²) in [7, 11) is 0. The van der Waals surface area contributed by atoms with Crippen molar-refractivity contribution in [2.24, 2.45) is 5.92 Å². The van der Waals surface area contributed by atoms with E-state index in [0.717, 1.165) is 11.6 Å². The second-order valence-electron chi connectivity index (χ2n) is 4.36. The molecule has 1 saturated carbocycles. The Labute approximate surface area is 85.1 Å². The number of nitrogens with one attached hydrogen (secondary N) is 1. The van der Waals surface area contributed by atoms with Crippen molar-refractivity contribution in [3.63, 3.8) is 0 Å². The fourth-order valence-electron chi connectivity index (χ4n) is 2.49. The first-order valence-electron chi connectivity index (χ1n) is 5.60. The van der Waals surface area contributed by atoms with Gasteiger partial charge in [0.05, 0.1) is 17.6 Å². The van der Waals surface area contributed by atoms with E-state index in [2.05, 4.69) is 17.1 Å². The Balaban J connectivity index is 1.99. The van der Waals surface area contributed by atoms with Crippen LogP contribution in [0.15, 0.2) is 6.20 Å². The molecule has 3 N–H and O–H groups in total. The lowest BCUT2D eigenvalue weighted by atomic mass is 9.79. The molecule has 1 aliphatic carbocycles. The lowest BCUT2D eigenvalue weighted by molar-refractivity contribution is 0.316. The predicted octanol–water partition coefficient (Wildman–Crippen LogP) is 2.68. The van der Waals surface area contributed by atoms with Crippen LogP contribution in [0.3, 0.4) is 0 Å². The Morgan fingerprint density at radius 3 is 2.64 bits per heavy atom. The third kappa shape index (κ3) is 1.76. The van der Waals surface area contributed by atoms with E-state index in [1.165, 1.54) is 37.8 Å². The minimum absolute atomic E-state index is 0.625. The Morgan fingerprint density at radius 1 is 1.43 bits per heavy atom. The molecule has 1 aliphatic rings. The number of H-pyrrole nitrogens is 1. The van der Waals surface area contributed by atoms with Crippen LogP contribution >= 0.6 is 0 Å². The van der Waals surface area contributed by atoms with Crippen molar-refractivity contribution in [2.75, 3.05) is 5.73 Å². The van der Waals surface area contributed by atoms with Gasteiger partial charge >= 0.3 is 0 Å². The lowest BCUT2D eigenvalue weighted by Crippen LogP contribution is -2.13. The van der Waals surface area contributed by atoms with E-state index in [1.54, 1.807) is 6.20 Å². The molecule has 78 valence electrons. The van der Waals surface area contributed by atoms with E-state index in [1.807, 2.05) is 0 Å². The number of hydrogen-bond acceptors (Lipinski definition) is 2. The number of nitrogens with two attached hydrogens (primary N) is 1. The number of aromatic nitrogens is 2. The summed E-state index contributed by atoms with van der Waals surface area (Å²) in [6, 6.07) is 0. The van der Waals surface area contributed by atoms with Crippen LogP contribution in [0.2, 0.25) is 0 Å². The Kier molecular flexibility index (Phi) is 2.75. The van der Waals surface area contributed by atoms with E-state index >= 15 is 0 Å². The molecule has 0 aliphatic heterocycles. The average Bonchev–Trinajstić information content (AvgIpc) is 2.65. The van der Waals surface area contributed by atoms with Crippen molar-refractivity contribution in [2.45, 2.75) is 44.9 Å². The number of hydrogen-bond donors (Lipinski definition) is 2. The molecule has 1 heterocycles. The van der Waals surface area contributed by atoms with Gasteiger partial charge in [-0.3, -0.25) is 5.10 Å². The average molecular weight is 193 g/mol. The van der Waals surface area contributed by atoms with Crippen LogP contribution in [0.1, 0.15) is 50.6 Å². The van der Waals surface area contributed by atoms with Gasteiger partial charge in [0.25, 0.3) is 0 Å². The van der Waals surface area contributed by atoms with E-state index in [4.69, 9.17) is 5.73 Å². The molecule has 1 fully saturated rings. The first-order valence-corrected chi connectivity index (χ1v) is 5.60. The smallest absolute Gasteiger partial charge is 0.0733 e. The summed E-state index contributed by atoms with van der Waals surface area (Å²) in [6.07, 6.45) is 8.28. The summed E-state index contributed by atoms with van der Waals surface area (Å²) in [5, 5.41) is 7.02. The van der Waals surface area contributed by atoms with Gasteiger partial charge in [-0.1, -0.05) is 13.3 Å². The molecule has 0 bridgehead atoms. The summed E-state index contributed by atoms with van der Waals surface area (Å²) in [4.78, 5) is 0. The highest BCUT2D eigenvalue weighted by Crippen LogP contribution is 2.37. The highest BCUT2D eigenvalue weighted by molar-refractivity contribution is 5.42. The lowest BCUT2D eigenvalue weighted by Gasteiger charge is -2.27. The summed E-state index contributed by atoms with van der Waals surface area (Å²) in [5.41, 5.74) is 7.85. The summed E-state index contributed by atoms with van der Waals surface area (Å²) >= 11 is 0. The van der Waals surface area contributed by atoms with Crippen molar-refractivity contribution in [3.8, 4) is 0 Å². The maximum absolute atomic E-state index is 5.84. The Hall–Kier alpha value is -0.990. The molecule has 0 atom stereocenters. The third-order valence-corrected chi connectivity index (χ3v) is 3.53. The molecular formula is C11H19N3. The number of aromatic amines is 1. The standard InChI is InChI=1S/C11H19N3/c1-2-8-3-5-9(6-4-8)11-10(12)7-13-14-11/h7-9H,2-6,12H2,1H3,(H,13,14). The van der Waals surface area contributed by atoms with Crippen molar-refractivity contribution in [1.29, 1.82) is 0 Å². The van der Waals surface area contributed by atoms with Crippen LogP contribution in [0.5, 0.6) is 0 Å². The SMILES string of the molecule is CCC1CCC(c2[nH]ncc2N)CC1. The van der Waals surface area contributed by atoms with Gasteiger partial charge in [0.1, 0.15) is 0 Å². The van der Waals surface area contributed by atoms with Crippen LogP contribution in [0.4, 0.5) is 5.69 Å². The van der Waals surface area contributed by atoms with Crippen LogP contribution in [0, 0.1) is 5.92 Å². The highest BCUT2D eigenvalue weighted by Gasteiger charge is 2.23. The zero-order chi connectivity index (χ0) is 9.97. The van der Waals surface area contributed by atoms with E-state index < -0.39 is 0 Å². The minimum atomic E-state index is 0.625. The predicted molar refractivity (Wildman–Crippen MR) is 58.0 cm³/mol. The largest absolute Gasteiger partial charge is 0.396 e. The number of anilines is 1. The van der Waals surface area contributed by atoms with E-state index in [9.17, 15) is 0 Å². The van der Waals surface area contributed by atoms with Crippen molar-refractivity contribution in [1.82, 2.24) is 10.2 Å². The molecule has 0 aromatic carbocycles. The summed E-state index contributed by atoms with van der Waals surface area (Å²) in [6.45, 7) is 2.29. The van der Waals surface area contributed by atoms with Gasteiger partial charge in [-0.05, 0) is 31.6 Å². The monoisotopic (exact) mass is 193 g/mol. The summed E-state index contributed by atoms with van der Waals surface area (Å²) in [5.74, 6) is 1.57. The van der Waals surface area contributed by atoms with Gasteiger partial charge in [0.15, 0.2) is 0 Å². The third-order valence-electron chi connectivity index (χ3n) is 3.53. The molecule has 3 nitrogen and oxygen atoms in total. The van der Waals surface area contributed by atoms with Gasteiger partial charge in [-0.15, -0.1) is 0 Å². The zero-order valence-corrected chi connectivity index (χ0v) is 8.79. The zero-order valence-electron chi connectivity index (χ0n) is 8.79. The van der Waals surface area contributed by atoms with E-state index in [0.29, 0.717) is 5.92 Å². The van der Waals surface area contributed by atoms with E-state index in [-0.39, 0.29) is 0 Å². The first-order chi connectivity index (χ1) is 6.81. The molecule has 0 amide bonds. The van der Waals surface area contributed by atoms with Crippen LogP contribution in [0.25, 0.3) is 0 Å². The van der Waals surface area contributed by atoms with Crippen molar-refractivity contribution < 1.29 is 0 Å². The molecule has 0 saturated heterocycles. The van der Waals surface area contributed by atoms with Crippen molar-refractivity contribution >= 4 is 5.69 Å². The maximum Gasteiger partial charge on any atom is 0.0733 e. The molecule has 1 aromatic heterocycles. The van der Waals surface area contributed by atoms with Crippen molar-refractivity contribution in [3.05, 3.63) is 11.9 Å². The van der Waals surface area contributed by atoms with Gasteiger partial charge in [-0.2, -0.15) is 5.10 Å². The molecule has 0 radical (unpaired) electrons. The van der Waals surface area contributed by atoms with Gasteiger partial charge in [0.2, 0.25) is 0 Å². The molecule has 0 spiro atoms. The number of nitrogens with zero attached hydrogens (tertiary/aromatic N) is 1. The topological polar surface area (TPSA) is 54.7 Å². The van der Waals surface area contributed by atoms with Crippen LogP contribution in [-0.2, 0) is 0 Å². The van der Waals surface area contributed by atoms with Gasteiger partial charge in [-0.25, -0.2) is 0 Å². The molecule has 3 heteroatoms. The normalized spacial score (nSPS) is 27.8. The maximum atomic E-state index is 5.84. The Morgan fingerprint density at radius 2 is 2.14 bits per heavy atom. The molecule has 1 aromatic rings. The Bertz CT molecular complexity index is 284. The van der Waals surface area contributed by atoms with Crippen LogP contribution < -0.4 is 5.73 Å². The summed E-state index contributed by atoms with van der Waals surface area (Å²) < 4.78 is 0. The highest BCUT2D eigenvalue weighted by atomic mass is 15.1. The first kappa shape index (κ1) is 9.56.